The number of alkyl halides is 3. The molecule has 1 aliphatic heterocycles. The molecule has 0 saturated carbocycles. The molecule has 1 fully saturated rings. The van der Waals surface area contributed by atoms with E-state index in [2.05, 4.69) is 15.7 Å². The van der Waals surface area contributed by atoms with Crippen LogP contribution >= 0.6 is 0 Å². The number of carbonyl (C=O) groups excluding carboxylic acids is 4. The number of aromatic nitrogens is 1. The molecule has 0 spiro atoms. The van der Waals surface area contributed by atoms with Crippen LogP contribution in [-0.4, -0.2) is 52.9 Å². The van der Waals surface area contributed by atoms with Gasteiger partial charge in [0.05, 0.1) is 18.2 Å². The molecule has 1 aliphatic rings. The van der Waals surface area contributed by atoms with Crippen molar-refractivity contribution in [2.75, 3.05) is 13.2 Å². The van der Waals surface area contributed by atoms with Gasteiger partial charge in [-0.15, -0.1) is 0 Å². The lowest BCUT2D eigenvalue weighted by Gasteiger charge is -2.31. The highest BCUT2D eigenvalue weighted by molar-refractivity contribution is 5.95. The topological polar surface area (TPSA) is 121 Å². The summed E-state index contributed by atoms with van der Waals surface area (Å²) in [6, 6.07) is 16.0. The van der Waals surface area contributed by atoms with Crippen LogP contribution in [0.1, 0.15) is 47.8 Å². The molecule has 0 unspecified atom stereocenters. The lowest BCUT2D eigenvalue weighted by atomic mass is 9.97. The summed E-state index contributed by atoms with van der Waals surface area (Å²) in [6.45, 7) is 2.22. The van der Waals surface area contributed by atoms with Crippen LogP contribution in [0.2, 0.25) is 0 Å². The lowest BCUT2D eigenvalue weighted by molar-refractivity contribution is -0.138. The highest BCUT2D eigenvalue weighted by Crippen LogP contribution is 2.36. The number of halogens is 3. The molecule has 232 valence electrons. The summed E-state index contributed by atoms with van der Waals surface area (Å²) in [4.78, 5) is 54.4. The summed E-state index contributed by atoms with van der Waals surface area (Å²) < 4.78 is 45.8. The summed E-state index contributed by atoms with van der Waals surface area (Å²) in [7, 11) is 0. The number of hydrogen-bond acceptors (Lipinski definition) is 5. The van der Waals surface area contributed by atoms with E-state index in [1.165, 1.54) is 36.4 Å². The van der Waals surface area contributed by atoms with Gasteiger partial charge in [0.25, 0.3) is 5.91 Å². The van der Waals surface area contributed by atoms with Crippen LogP contribution in [0.15, 0.2) is 78.9 Å². The largest absolute Gasteiger partial charge is 0.463 e. The van der Waals surface area contributed by atoms with Crippen molar-refractivity contribution in [2.45, 2.75) is 44.8 Å². The van der Waals surface area contributed by atoms with Crippen LogP contribution in [0.5, 0.6) is 0 Å². The predicted octanol–water partition coefficient (Wildman–Crippen LogP) is 4.82. The normalized spacial score (nSPS) is 15.5. The van der Waals surface area contributed by atoms with Crippen LogP contribution < -0.4 is 10.7 Å². The van der Waals surface area contributed by atoms with Gasteiger partial charge in [0.1, 0.15) is 5.69 Å². The second kappa shape index (κ2) is 14.5. The zero-order valence-corrected chi connectivity index (χ0v) is 24.0. The summed E-state index contributed by atoms with van der Waals surface area (Å²) in [5.74, 6) is -2.63. The second-order valence-electron chi connectivity index (χ2n) is 10.2. The summed E-state index contributed by atoms with van der Waals surface area (Å²) in [6.07, 6.45) is -1.12. The first-order valence-corrected chi connectivity index (χ1v) is 14.2. The van der Waals surface area contributed by atoms with E-state index in [4.69, 9.17) is 4.74 Å². The predicted molar refractivity (Wildman–Crippen MR) is 156 cm³/mol. The van der Waals surface area contributed by atoms with Crippen molar-refractivity contribution < 1.29 is 37.1 Å². The number of nitrogens with zero attached hydrogens (tertiary/aromatic N) is 1. The fraction of sp³-hybridized carbons (Fsp3) is 0.312. The number of aromatic amines is 1. The molecule has 1 aromatic heterocycles. The van der Waals surface area contributed by atoms with E-state index in [-0.39, 0.29) is 42.3 Å². The molecule has 2 heterocycles. The van der Waals surface area contributed by atoms with Gasteiger partial charge in [-0.1, -0.05) is 54.6 Å². The van der Waals surface area contributed by atoms with Gasteiger partial charge in [-0.2, -0.15) is 13.2 Å². The van der Waals surface area contributed by atoms with Gasteiger partial charge >= 0.3 is 12.1 Å². The Labute approximate surface area is 252 Å². The highest BCUT2D eigenvalue weighted by atomic mass is 19.4. The van der Waals surface area contributed by atoms with E-state index in [1.54, 1.807) is 6.92 Å². The van der Waals surface area contributed by atoms with Gasteiger partial charge in [0, 0.05) is 36.2 Å². The zero-order chi connectivity index (χ0) is 31.7. The van der Waals surface area contributed by atoms with E-state index in [0.29, 0.717) is 19.4 Å². The molecule has 2 aromatic carbocycles. The van der Waals surface area contributed by atoms with Gasteiger partial charge in [-0.25, -0.2) is 9.80 Å². The average Bonchev–Trinajstić information content (AvgIpc) is 3.66. The third-order valence-electron chi connectivity index (χ3n) is 7.18. The number of ether oxygens (including phenoxy) is 1. The van der Waals surface area contributed by atoms with Crippen LogP contribution in [-0.2, 0) is 31.7 Å². The molecule has 12 heteroatoms. The number of aryl methyl sites for hydroxylation is 1. The Hall–Kier alpha value is -4.87. The third kappa shape index (κ3) is 8.36. The number of hydrazine groups is 1. The SMILES string of the molecule is CCOC(=O)C=C[C@H](C[C@@H]1CCNC1=O)N(NC(=O)c1ccc(-c2ccccc2C(F)(F)F)[nH]1)C(=O)CCc1ccccc1. The maximum absolute atomic E-state index is 13.7. The quantitative estimate of drug-likeness (QED) is 0.163. The Morgan fingerprint density at radius 3 is 2.48 bits per heavy atom. The number of H-pyrrole nitrogens is 1. The number of rotatable bonds is 11. The fourth-order valence-corrected chi connectivity index (χ4v) is 4.98. The van der Waals surface area contributed by atoms with E-state index in [0.717, 1.165) is 22.7 Å². The van der Waals surface area contributed by atoms with Crippen molar-refractivity contribution in [1.29, 1.82) is 0 Å². The molecular formula is C32H33F3N4O5. The zero-order valence-electron chi connectivity index (χ0n) is 24.0. The Kier molecular flexibility index (Phi) is 10.6. The molecule has 3 aromatic rings. The number of carbonyl (C=O) groups is 4. The fourth-order valence-electron chi connectivity index (χ4n) is 4.98. The van der Waals surface area contributed by atoms with Crippen LogP contribution in [0.4, 0.5) is 13.2 Å². The molecule has 2 atom stereocenters. The molecule has 1 saturated heterocycles. The first-order chi connectivity index (χ1) is 21.1. The second-order valence-corrected chi connectivity index (χ2v) is 10.2. The molecule has 9 nitrogen and oxygen atoms in total. The molecule has 0 bridgehead atoms. The molecule has 0 aliphatic carbocycles. The highest BCUT2D eigenvalue weighted by Gasteiger charge is 2.34. The minimum atomic E-state index is -4.61. The molecule has 4 rings (SSSR count). The summed E-state index contributed by atoms with van der Waals surface area (Å²) in [5, 5.41) is 3.82. The molecule has 44 heavy (non-hydrogen) atoms. The minimum absolute atomic E-state index is 0.0141. The smallest absolute Gasteiger partial charge is 0.417 e. The van der Waals surface area contributed by atoms with Gasteiger partial charge < -0.3 is 15.0 Å². The van der Waals surface area contributed by atoms with E-state index < -0.39 is 41.5 Å². The Bertz CT molecular complexity index is 1500. The standard InChI is InChI=1S/C32H33F3N4O5/c1-2-44-29(41)17-13-23(20-22-18-19-36-30(22)42)39(28(40)16-12-21-8-4-3-5-9-21)38-31(43)27-15-14-26(37-27)24-10-6-7-11-25(24)32(33,34)35/h3-11,13-15,17,22-23,37H,2,12,16,18-20H2,1H3,(H,36,42)(H,38,43)/t22-,23+/m0/s1. The molecule has 0 radical (unpaired) electrons. The van der Waals surface area contributed by atoms with Crippen molar-refractivity contribution in [1.82, 2.24) is 20.7 Å². The summed E-state index contributed by atoms with van der Waals surface area (Å²) >= 11 is 0. The van der Waals surface area contributed by atoms with Gasteiger partial charge in [0.15, 0.2) is 0 Å². The molecule has 3 amide bonds. The first-order valence-electron chi connectivity index (χ1n) is 14.2. The van der Waals surface area contributed by atoms with Crippen LogP contribution in [0.3, 0.4) is 0 Å². The Balaban J connectivity index is 1.63. The van der Waals surface area contributed by atoms with E-state index in [9.17, 15) is 32.3 Å². The first kappa shape index (κ1) is 32.1. The summed E-state index contributed by atoms with van der Waals surface area (Å²) in [5.41, 5.74) is 2.42. The molecular weight excluding hydrogens is 577 g/mol. The number of amides is 3. The van der Waals surface area contributed by atoms with Crippen molar-refractivity contribution in [3.63, 3.8) is 0 Å². The average molecular weight is 611 g/mol. The number of nitrogens with one attached hydrogen (secondary N) is 3. The molecule has 3 N–H and O–H groups in total. The van der Waals surface area contributed by atoms with E-state index in [1.807, 2.05) is 30.3 Å². The van der Waals surface area contributed by atoms with Crippen molar-refractivity contribution in [3.05, 3.63) is 95.7 Å². The van der Waals surface area contributed by atoms with Crippen molar-refractivity contribution in [2.24, 2.45) is 5.92 Å². The Morgan fingerprint density at radius 1 is 1.07 bits per heavy atom. The Morgan fingerprint density at radius 2 is 1.80 bits per heavy atom. The van der Waals surface area contributed by atoms with Gasteiger partial charge in [-0.05, 0) is 49.9 Å². The maximum Gasteiger partial charge on any atom is 0.417 e. The van der Waals surface area contributed by atoms with E-state index >= 15 is 0 Å². The number of hydrogen-bond donors (Lipinski definition) is 3. The van der Waals surface area contributed by atoms with Crippen LogP contribution in [0, 0.1) is 5.92 Å². The van der Waals surface area contributed by atoms with Gasteiger partial charge in [0.2, 0.25) is 11.8 Å². The maximum atomic E-state index is 13.7. The number of benzene rings is 2. The van der Waals surface area contributed by atoms with Crippen molar-refractivity contribution in [3.8, 4) is 11.3 Å². The van der Waals surface area contributed by atoms with Gasteiger partial charge in [-0.3, -0.25) is 19.8 Å². The minimum Gasteiger partial charge on any atom is -0.463 e. The third-order valence-corrected chi connectivity index (χ3v) is 7.18. The monoisotopic (exact) mass is 610 g/mol. The number of esters is 1. The van der Waals surface area contributed by atoms with Crippen molar-refractivity contribution >= 4 is 23.7 Å². The van der Waals surface area contributed by atoms with Crippen LogP contribution in [0.25, 0.3) is 11.3 Å². The lowest BCUT2D eigenvalue weighted by Crippen LogP contribution is -2.52.